The van der Waals surface area contributed by atoms with Gasteiger partial charge in [0.05, 0.1) is 11.0 Å². The molecular formula is C18H15F2N3O2. The molecule has 1 aromatic heterocycles. The van der Waals surface area contributed by atoms with E-state index in [9.17, 15) is 13.6 Å². The van der Waals surface area contributed by atoms with Gasteiger partial charge in [-0.15, -0.1) is 0 Å². The van der Waals surface area contributed by atoms with Crippen LogP contribution in [0.4, 0.5) is 14.7 Å². The molecule has 0 saturated heterocycles. The number of nitrogens with one attached hydrogen (secondary N) is 1. The molecule has 0 radical (unpaired) electrons. The molecule has 3 rings (SSSR count). The van der Waals surface area contributed by atoms with E-state index in [4.69, 9.17) is 0 Å². The minimum atomic E-state index is -2.86. The molecule has 0 saturated carbocycles. The summed E-state index contributed by atoms with van der Waals surface area (Å²) in [5, 5.41) is 2.71. The maximum Gasteiger partial charge on any atom is 0.387 e. The molecule has 1 N–H and O–H groups in total. The molecule has 2 aromatic carbocycles. The number of hydrogen-bond acceptors (Lipinski definition) is 3. The van der Waals surface area contributed by atoms with Crippen molar-refractivity contribution in [3.8, 4) is 5.75 Å². The largest absolute Gasteiger partial charge is 0.435 e. The van der Waals surface area contributed by atoms with Crippen LogP contribution in [-0.2, 0) is 11.8 Å². The molecule has 0 fully saturated rings. The van der Waals surface area contributed by atoms with Crippen LogP contribution in [0.5, 0.6) is 5.75 Å². The summed E-state index contributed by atoms with van der Waals surface area (Å²) < 4.78 is 30.2. The lowest BCUT2D eigenvalue weighted by Crippen LogP contribution is -2.11. The van der Waals surface area contributed by atoms with E-state index in [2.05, 4.69) is 15.0 Å². The Balaban J connectivity index is 1.67. The van der Waals surface area contributed by atoms with Gasteiger partial charge in [-0.2, -0.15) is 8.78 Å². The molecule has 25 heavy (non-hydrogen) atoms. The number of ether oxygens (including phenoxy) is 1. The molecule has 0 aliphatic heterocycles. The Bertz CT molecular complexity index is 918. The van der Waals surface area contributed by atoms with Crippen molar-refractivity contribution >= 4 is 29.0 Å². The summed E-state index contributed by atoms with van der Waals surface area (Å²) >= 11 is 0. The third-order valence-corrected chi connectivity index (χ3v) is 3.55. The Hall–Kier alpha value is -3.22. The number of benzene rings is 2. The number of aromatic nitrogens is 2. The number of alkyl halides is 2. The van der Waals surface area contributed by atoms with Crippen LogP contribution in [0, 0.1) is 0 Å². The molecule has 0 bridgehead atoms. The molecule has 0 spiro atoms. The predicted octanol–water partition coefficient (Wildman–Crippen LogP) is 3.83. The summed E-state index contributed by atoms with van der Waals surface area (Å²) in [5.74, 6) is 0.166. The van der Waals surface area contributed by atoms with Crippen LogP contribution in [0.15, 0.2) is 54.6 Å². The van der Waals surface area contributed by atoms with Gasteiger partial charge in [0.2, 0.25) is 5.95 Å². The molecule has 7 heteroatoms. The Kier molecular flexibility index (Phi) is 4.74. The van der Waals surface area contributed by atoms with Crippen LogP contribution in [0.25, 0.3) is 17.1 Å². The van der Waals surface area contributed by atoms with Gasteiger partial charge in [0.15, 0.2) is 0 Å². The summed E-state index contributed by atoms with van der Waals surface area (Å²) in [7, 11) is 1.82. The highest BCUT2D eigenvalue weighted by molar-refractivity contribution is 6.01. The zero-order valence-corrected chi connectivity index (χ0v) is 13.3. The normalized spacial score (nSPS) is 11.4. The third kappa shape index (κ3) is 4.00. The van der Waals surface area contributed by atoms with E-state index in [0.717, 1.165) is 11.0 Å². The summed E-state index contributed by atoms with van der Waals surface area (Å²) in [4.78, 5) is 16.4. The van der Waals surface area contributed by atoms with Crippen molar-refractivity contribution < 1.29 is 18.3 Å². The van der Waals surface area contributed by atoms with E-state index >= 15 is 0 Å². The second-order valence-corrected chi connectivity index (χ2v) is 5.25. The van der Waals surface area contributed by atoms with Crippen molar-refractivity contribution in [2.75, 3.05) is 5.32 Å². The van der Waals surface area contributed by atoms with E-state index < -0.39 is 6.61 Å². The molecule has 0 aliphatic carbocycles. The second-order valence-electron chi connectivity index (χ2n) is 5.25. The fraction of sp³-hybridized carbons (Fsp3) is 0.111. The molecular weight excluding hydrogens is 328 g/mol. The number of nitrogens with zero attached hydrogens (tertiary/aromatic N) is 2. The predicted molar refractivity (Wildman–Crippen MR) is 91.5 cm³/mol. The number of fused-ring (bicyclic) bond motifs is 1. The van der Waals surface area contributed by atoms with Gasteiger partial charge in [-0.25, -0.2) is 4.98 Å². The first-order valence-electron chi connectivity index (χ1n) is 7.48. The Labute approximate surface area is 142 Å². The topological polar surface area (TPSA) is 56.2 Å². The number of anilines is 1. The van der Waals surface area contributed by atoms with Crippen LogP contribution in [0.3, 0.4) is 0 Å². The van der Waals surface area contributed by atoms with Gasteiger partial charge in [0.1, 0.15) is 5.75 Å². The van der Waals surface area contributed by atoms with E-state index in [1.165, 1.54) is 18.2 Å². The molecule has 5 nitrogen and oxygen atoms in total. The average Bonchev–Trinajstić information content (AvgIpc) is 2.90. The lowest BCUT2D eigenvalue weighted by Gasteiger charge is -2.04. The summed E-state index contributed by atoms with van der Waals surface area (Å²) in [6.45, 7) is -2.86. The Morgan fingerprint density at radius 3 is 2.60 bits per heavy atom. The van der Waals surface area contributed by atoms with Gasteiger partial charge in [-0.3, -0.25) is 10.1 Å². The first-order chi connectivity index (χ1) is 12.0. The van der Waals surface area contributed by atoms with Crippen LogP contribution < -0.4 is 10.1 Å². The van der Waals surface area contributed by atoms with E-state index in [1.807, 2.05) is 31.3 Å². The van der Waals surface area contributed by atoms with Crippen molar-refractivity contribution in [1.29, 1.82) is 0 Å². The van der Waals surface area contributed by atoms with E-state index in [1.54, 1.807) is 22.8 Å². The molecule has 3 aromatic rings. The lowest BCUT2D eigenvalue weighted by atomic mass is 10.2. The first-order valence-corrected chi connectivity index (χ1v) is 7.48. The highest BCUT2D eigenvalue weighted by atomic mass is 19.3. The third-order valence-electron chi connectivity index (χ3n) is 3.55. The molecule has 1 heterocycles. The van der Waals surface area contributed by atoms with Gasteiger partial charge in [-0.05, 0) is 35.9 Å². The number of aryl methyl sites for hydroxylation is 1. The van der Waals surface area contributed by atoms with Crippen molar-refractivity contribution in [2.24, 2.45) is 7.05 Å². The van der Waals surface area contributed by atoms with Crippen molar-refractivity contribution in [1.82, 2.24) is 9.55 Å². The fourth-order valence-electron chi connectivity index (χ4n) is 2.34. The number of imidazole rings is 1. The number of amides is 1. The molecule has 0 atom stereocenters. The highest BCUT2D eigenvalue weighted by Gasteiger charge is 2.08. The average molecular weight is 343 g/mol. The first kappa shape index (κ1) is 16.6. The molecule has 0 aliphatic rings. The van der Waals surface area contributed by atoms with Crippen molar-refractivity contribution in [3.63, 3.8) is 0 Å². The van der Waals surface area contributed by atoms with Gasteiger partial charge < -0.3 is 9.30 Å². The van der Waals surface area contributed by atoms with Crippen LogP contribution >= 0.6 is 0 Å². The quantitative estimate of drug-likeness (QED) is 0.717. The van der Waals surface area contributed by atoms with Crippen molar-refractivity contribution in [2.45, 2.75) is 6.61 Å². The summed E-state index contributed by atoms with van der Waals surface area (Å²) in [6, 6.07) is 13.5. The Morgan fingerprint density at radius 2 is 1.92 bits per heavy atom. The smallest absolute Gasteiger partial charge is 0.387 e. The fourth-order valence-corrected chi connectivity index (χ4v) is 2.34. The van der Waals surface area contributed by atoms with E-state index in [-0.39, 0.29) is 11.7 Å². The summed E-state index contributed by atoms with van der Waals surface area (Å²) in [5.41, 5.74) is 2.39. The van der Waals surface area contributed by atoms with Gasteiger partial charge >= 0.3 is 6.61 Å². The minimum Gasteiger partial charge on any atom is -0.435 e. The minimum absolute atomic E-state index is 0.0660. The number of halogens is 2. The number of rotatable bonds is 5. The zero-order chi connectivity index (χ0) is 17.8. The lowest BCUT2D eigenvalue weighted by molar-refractivity contribution is -0.111. The SMILES string of the molecule is Cn1c(NC(=O)C=Cc2ccc(OC(F)F)cc2)nc2ccccc21. The molecule has 1 amide bonds. The van der Waals surface area contributed by atoms with Crippen molar-refractivity contribution in [3.05, 3.63) is 60.2 Å². The standard InChI is InChI=1S/C18H15F2N3O2/c1-23-15-5-3-2-4-14(15)21-18(23)22-16(24)11-8-12-6-9-13(10-7-12)25-17(19)20/h2-11,17H,1H3,(H,21,22,24). The number of para-hydroxylation sites is 2. The zero-order valence-electron chi connectivity index (χ0n) is 13.3. The summed E-state index contributed by atoms with van der Waals surface area (Å²) in [6.07, 6.45) is 2.92. The number of hydrogen-bond donors (Lipinski definition) is 1. The van der Waals surface area contributed by atoms with Crippen LogP contribution in [0.2, 0.25) is 0 Å². The van der Waals surface area contributed by atoms with E-state index in [0.29, 0.717) is 11.5 Å². The number of carbonyl (C=O) groups excluding carboxylic acids is 1. The van der Waals surface area contributed by atoms with Gasteiger partial charge in [0.25, 0.3) is 5.91 Å². The Morgan fingerprint density at radius 1 is 1.20 bits per heavy atom. The maximum absolute atomic E-state index is 12.1. The molecule has 0 unspecified atom stereocenters. The number of carbonyl (C=O) groups is 1. The second kappa shape index (κ2) is 7.12. The monoisotopic (exact) mass is 343 g/mol. The highest BCUT2D eigenvalue weighted by Crippen LogP contribution is 2.18. The van der Waals surface area contributed by atoms with Gasteiger partial charge in [-0.1, -0.05) is 24.3 Å². The maximum atomic E-state index is 12.1. The van der Waals surface area contributed by atoms with Crippen LogP contribution in [-0.4, -0.2) is 22.1 Å². The van der Waals surface area contributed by atoms with Crippen LogP contribution in [0.1, 0.15) is 5.56 Å². The molecule has 128 valence electrons. The van der Waals surface area contributed by atoms with Gasteiger partial charge in [0, 0.05) is 13.1 Å².